The second-order valence-electron chi connectivity index (χ2n) is 5.69. The number of carbonyl (C=O) groups is 1. The molecular formula is C19H19N3O3. The number of carbonyl (C=O) groups excluding carboxylic acids is 1. The molecule has 0 atom stereocenters. The Labute approximate surface area is 144 Å². The van der Waals surface area contributed by atoms with Crippen molar-refractivity contribution in [2.24, 2.45) is 0 Å². The summed E-state index contributed by atoms with van der Waals surface area (Å²) in [5, 5.41) is 2.78. The van der Waals surface area contributed by atoms with Crippen molar-refractivity contribution in [2.45, 2.75) is 26.6 Å². The van der Waals surface area contributed by atoms with Gasteiger partial charge in [-0.25, -0.2) is 0 Å². The number of amides is 1. The van der Waals surface area contributed by atoms with Crippen molar-refractivity contribution in [3.8, 4) is 0 Å². The molecule has 3 aromatic rings. The van der Waals surface area contributed by atoms with Crippen LogP contribution in [-0.2, 0) is 24.4 Å². The van der Waals surface area contributed by atoms with Crippen LogP contribution in [0.15, 0.2) is 64.2 Å². The molecule has 1 N–H and O–H groups in total. The van der Waals surface area contributed by atoms with Gasteiger partial charge in [0.05, 0.1) is 11.0 Å². The Morgan fingerprint density at radius 2 is 1.44 bits per heavy atom. The topological polar surface area (TPSA) is 73.1 Å². The number of aryl methyl sites for hydroxylation is 1. The third kappa shape index (κ3) is 3.38. The minimum atomic E-state index is -0.685. The molecule has 0 aliphatic carbocycles. The summed E-state index contributed by atoms with van der Waals surface area (Å²) in [6.45, 7) is 2.39. The zero-order valence-electron chi connectivity index (χ0n) is 13.9. The lowest BCUT2D eigenvalue weighted by Gasteiger charge is -2.14. The van der Waals surface area contributed by atoms with Crippen LogP contribution < -0.4 is 16.4 Å². The summed E-state index contributed by atoms with van der Waals surface area (Å²) in [6, 6.07) is 16.6. The van der Waals surface area contributed by atoms with Gasteiger partial charge in [0.1, 0.15) is 6.54 Å². The van der Waals surface area contributed by atoms with E-state index in [1.54, 1.807) is 24.3 Å². The maximum Gasteiger partial charge on any atom is 0.317 e. The molecule has 0 radical (unpaired) electrons. The average molecular weight is 337 g/mol. The first-order valence-corrected chi connectivity index (χ1v) is 8.15. The van der Waals surface area contributed by atoms with E-state index >= 15 is 0 Å². The lowest BCUT2D eigenvalue weighted by Crippen LogP contribution is -2.43. The van der Waals surface area contributed by atoms with Crippen LogP contribution in [0.1, 0.15) is 12.5 Å². The first kappa shape index (κ1) is 16.7. The summed E-state index contributed by atoms with van der Waals surface area (Å²) in [5.41, 5.74) is 0.885. The maximum atomic E-state index is 12.4. The molecule has 0 saturated carbocycles. The molecule has 3 rings (SSSR count). The Morgan fingerprint density at radius 1 is 0.880 bits per heavy atom. The van der Waals surface area contributed by atoms with Crippen molar-refractivity contribution in [1.29, 1.82) is 0 Å². The first-order valence-electron chi connectivity index (χ1n) is 8.15. The van der Waals surface area contributed by atoms with Crippen molar-refractivity contribution in [3.63, 3.8) is 0 Å². The Balaban J connectivity index is 1.91. The zero-order valence-corrected chi connectivity index (χ0v) is 13.9. The largest absolute Gasteiger partial charge is 0.350 e. The standard InChI is InChI=1S/C19H19N3O3/c1-2-21-15-10-6-7-11-16(15)22(19(25)18(21)24)13-17(23)20-12-14-8-4-3-5-9-14/h3-11H,2,12-13H2,1H3,(H,20,23). The summed E-state index contributed by atoms with van der Waals surface area (Å²) in [4.78, 5) is 37.0. The lowest BCUT2D eigenvalue weighted by atomic mass is 10.2. The molecule has 0 bridgehead atoms. The number of nitrogens with zero attached hydrogens (tertiary/aromatic N) is 2. The first-order chi connectivity index (χ1) is 12.1. The van der Waals surface area contributed by atoms with Crippen LogP contribution in [0.3, 0.4) is 0 Å². The van der Waals surface area contributed by atoms with Crippen molar-refractivity contribution < 1.29 is 4.79 Å². The summed E-state index contributed by atoms with van der Waals surface area (Å²) >= 11 is 0. The van der Waals surface area contributed by atoms with E-state index in [-0.39, 0.29) is 12.5 Å². The SMILES string of the molecule is CCn1c(=O)c(=O)n(CC(=O)NCc2ccccc2)c2ccccc21. The summed E-state index contributed by atoms with van der Waals surface area (Å²) in [5.74, 6) is -0.315. The van der Waals surface area contributed by atoms with Crippen LogP contribution in [0.2, 0.25) is 0 Å². The van der Waals surface area contributed by atoms with Crippen molar-refractivity contribution in [2.75, 3.05) is 0 Å². The van der Waals surface area contributed by atoms with Crippen molar-refractivity contribution >= 4 is 16.9 Å². The Kier molecular flexibility index (Phi) is 4.79. The fourth-order valence-corrected chi connectivity index (χ4v) is 2.84. The van der Waals surface area contributed by atoms with Crippen LogP contribution in [0.4, 0.5) is 0 Å². The number of hydrogen-bond donors (Lipinski definition) is 1. The van der Waals surface area contributed by atoms with Gasteiger partial charge in [-0.2, -0.15) is 0 Å². The van der Waals surface area contributed by atoms with Gasteiger partial charge in [0.15, 0.2) is 0 Å². The molecule has 6 nitrogen and oxygen atoms in total. The summed E-state index contributed by atoms with van der Waals surface area (Å²) in [7, 11) is 0. The minimum absolute atomic E-state index is 0.189. The van der Waals surface area contributed by atoms with Gasteiger partial charge in [-0.05, 0) is 24.6 Å². The highest BCUT2D eigenvalue weighted by atomic mass is 16.2. The quantitative estimate of drug-likeness (QED) is 0.717. The van der Waals surface area contributed by atoms with Crippen molar-refractivity contribution in [1.82, 2.24) is 14.5 Å². The number of rotatable bonds is 5. The molecule has 128 valence electrons. The van der Waals surface area contributed by atoms with E-state index in [1.165, 1.54) is 9.13 Å². The van der Waals surface area contributed by atoms with Crippen LogP contribution in [0.5, 0.6) is 0 Å². The number of nitrogens with one attached hydrogen (secondary N) is 1. The average Bonchev–Trinajstić information content (AvgIpc) is 2.65. The fraction of sp³-hybridized carbons (Fsp3) is 0.211. The van der Waals surface area contributed by atoms with E-state index in [0.29, 0.717) is 24.1 Å². The van der Waals surface area contributed by atoms with E-state index in [2.05, 4.69) is 5.32 Å². The third-order valence-corrected chi connectivity index (χ3v) is 4.09. The maximum absolute atomic E-state index is 12.4. The minimum Gasteiger partial charge on any atom is -0.350 e. The Morgan fingerprint density at radius 3 is 2.08 bits per heavy atom. The molecule has 0 aliphatic heterocycles. The summed E-state index contributed by atoms with van der Waals surface area (Å²) in [6.07, 6.45) is 0. The van der Waals surface area contributed by atoms with Gasteiger partial charge in [-0.15, -0.1) is 0 Å². The predicted molar refractivity (Wildman–Crippen MR) is 96.4 cm³/mol. The number of aromatic nitrogens is 2. The van der Waals surface area contributed by atoms with Gasteiger partial charge in [-0.3, -0.25) is 19.0 Å². The highest BCUT2D eigenvalue weighted by Gasteiger charge is 2.14. The second kappa shape index (κ2) is 7.17. The number of benzene rings is 2. The van der Waals surface area contributed by atoms with Gasteiger partial charge < -0.3 is 9.88 Å². The number of para-hydroxylation sites is 2. The van der Waals surface area contributed by atoms with Crippen LogP contribution in [0, 0.1) is 0 Å². The highest BCUT2D eigenvalue weighted by Crippen LogP contribution is 2.10. The molecule has 0 saturated heterocycles. The molecule has 25 heavy (non-hydrogen) atoms. The number of hydrogen-bond acceptors (Lipinski definition) is 3. The van der Waals surface area contributed by atoms with Crippen molar-refractivity contribution in [3.05, 3.63) is 80.9 Å². The molecule has 0 spiro atoms. The molecular weight excluding hydrogens is 318 g/mol. The monoisotopic (exact) mass is 337 g/mol. The predicted octanol–water partition coefficient (Wildman–Crippen LogP) is 1.50. The van der Waals surface area contributed by atoms with Gasteiger partial charge >= 0.3 is 11.1 Å². The summed E-state index contributed by atoms with van der Waals surface area (Å²) < 4.78 is 2.67. The molecule has 6 heteroatoms. The molecule has 0 aliphatic rings. The molecule has 0 unspecified atom stereocenters. The molecule has 1 heterocycles. The Bertz CT molecular complexity index is 1020. The molecule has 1 aromatic heterocycles. The van der Waals surface area contributed by atoms with Gasteiger partial charge in [0.25, 0.3) is 0 Å². The fourth-order valence-electron chi connectivity index (χ4n) is 2.84. The van der Waals surface area contributed by atoms with E-state index in [0.717, 1.165) is 5.56 Å². The zero-order chi connectivity index (χ0) is 17.8. The third-order valence-electron chi connectivity index (χ3n) is 4.09. The Hall–Kier alpha value is -3.15. The van der Waals surface area contributed by atoms with Crippen LogP contribution in [0.25, 0.3) is 11.0 Å². The van der Waals surface area contributed by atoms with Crippen LogP contribution >= 0.6 is 0 Å². The lowest BCUT2D eigenvalue weighted by molar-refractivity contribution is -0.121. The van der Waals surface area contributed by atoms with Crippen LogP contribution in [-0.4, -0.2) is 15.0 Å². The molecule has 1 amide bonds. The highest BCUT2D eigenvalue weighted by molar-refractivity contribution is 5.80. The van der Waals surface area contributed by atoms with E-state index < -0.39 is 11.1 Å². The smallest absolute Gasteiger partial charge is 0.317 e. The normalized spacial score (nSPS) is 10.8. The molecule has 0 fully saturated rings. The van der Waals surface area contributed by atoms with Gasteiger partial charge in [-0.1, -0.05) is 42.5 Å². The second-order valence-corrected chi connectivity index (χ2v) is 5.69. The van der Waals surface area contributed by atoms with E-state index in [9.17, 15) is 14.4 Å². The van der Waals surface area contributed by atoms with Gasteiger partial charge in [0.2, 0.25) is 5.91 Å². The molecule has 2 aromatic carbocycles. The van der Waals surface area contributed by atoms with Gasteiger partial charge in [0, 0.05) is 13.1 Å². The van der Waals surface area contributed by atoms with E-state index in [1.807, 2.05) is 37.3 Å². The van der Waals surface area contributed by atoms with E-state index in [4.69, 9.17) is 0 Å². The number of fused-ring (bicyclic) bond motifs is 1.